The van der Waals surface area contributed by atoms with Gasteiger partial charge in [-0.2, -0.15) is 0 Å². The summed E-state index contributed by atoms with van der Waals surface area (Å²) in [5, 5.41) is 0.715. The number of benzene rings is 2. The lowest BCUT2D eigenvalue weighted by atomic mass is 10.1. The molecule has 2 aromatic carbocycles. The molecule has 1 aromatic heterocycles. The van der Waals surface area contributed by atoms with Gasteiger partial charge in [0.1, 0.15) is 5.82 Å². The van der Waals surface area contributed by atoms with Gasteiger partial charge in [-0.1, -0.05) is 42.8 Å². The van der Waals surface area contributed by atoms with Gasteiger partial charge in [0, 0.05) is 23.0 Å². The van der Waals surface area contributed by atoms with Gasteiger partial charge in [-0.25, -0.2) is 4.98 Å². The molecule has 0 fully saturated rings. The zero-order chi connectivity index (χ0) is 14.8. The summed E-state index contributed by atoms with van der Waals surface area (Å²) >= 11 is 11.9. The Balaban J connectivity index is 2.17. The number of hydrogen-bond acceptors (Lipinski definition) is 1. The Morgan fingerprint density at radius 3 is 2.52 bits per heavy atom. The van der Waals surface area contributed by atoms with Crippen LogP contribution in [0.4, 0.5) is 0 Å². The molecule has 0 atom stereocenters. The van der Waals surface area contributed by atoms with Crippen molar-refractivity contribution >= 4 is 34.2 Å². The summed E-state index contributed by atoms with van der Waals surface area (Å²) in [6.45, 7) is 3.10. The number of alkyl halides is 1. The molecule has 0 aliphatic carbocycles. The van der Waals surface area contributed by atoms with E-state index in [-0.39, 0.29) is 0 Å². The summed E-state index contributed by atoms with van der Waals surface area (Å²) in [5.74, 6) is 1.51. The van der Waals surface area contributed by atoms with Crippen molar-refractivity contribution in [3.63, 3.8) is 0 Å². The molecular formula is C17H16Cl2N2. The SMILES string of the molecule is CCCn1c(-c2ccc(CCl)cc2)nc2cc(Cl)ccc21. The minimum Gasteiger partial charge on any atom is -0.324 e. The minimum absolute atomic E-state index is 0.529. The zero-order valence-electron chi connectivity index (χ0n) is 11.8. The third-order valence-corrected chi connectivity index (χ3v) is 4.07. The van der Waals surface area contributed by atoms with E-state index < -0.39 is 0 Å². The van der Waals surface area contributed by atoms with Crippen molar-refractivity contribution in [1.82, 2.24) is 9.55 Å². The molecular weight excluding hydrogens is 303 g/mol. The van der Waals surface area contributed by atoms with Crippen LogP contribution >= 0.6 is 23.2 Å². The molecule has 0 saturated carbocycles. The number of imidazole rings is 1. The van der Waals surface area contributed by atoms with Gasteiger partial charge in [0.15, 0.2) is 0 Å². The molecule has 0 amide bonds. The van der Waals surface area contributed by atoms with Crippen LogP contribution in [0.3, 0.4) is 0 Å². The Hall–Kier alpha value is -1.51. The highest BCUT2D eigenvalue weighted by molar-refractivity contribution is 6.31. The summed E-state index contributed by atoms with van der Waals surface area (Å²) in [6, 6.07) is 14.1. The highest BCUT2D eigenvalue weighted by Gasteiger charge is 2.12. The van der Waals surface area contributed by atoms with E-state index in [0.29, 0.717) is 10.9 Å². The quantitative estimate of drug-likeness (QED) is 0.580. The number of nitrogens with zero attached hydrogens (tertiary/aromatic N) is 2. The topological polar surface area (TPSA) is 17.8 Å². The van der Waals surface area contributed by atoms with E-state index in [1.54, 1.807) is 0 Å². The molecule has 0 saturated heterocycles. The van der Waals surface area contributed by atoms with Crippen LogP contribution in [-0.4, -0.2) is 9.55 Å². The summed E-state index contributed by atoms with van der Waals surface area (Å²) in [6.07, 6.45) is 1.06. The van der Waals surface area contributed by atoms with E-state index in [2.05, 4.69) is 23.6 Å². The maximum Gasteiger partial charge on any atom is 0.141 e. The Labute approximate surface area is 134 Å². The first-order valence-electron chi connectivity index (χ1n) is 7.04. The van der Waals surface area contributed by atoms with E-state index >= 15 is 0 Å². The van der Waals surface area contributed by atoms with Crippen molar-refractivity contribution in [2.75, 3.05) is 0 Å². The molecule has 0 N–H and O–H groups in total. The molecule has 4 heteroatoms. The maximum atomic E-state index is 6.08. The van der Waals surface area contributed by atoms with Crippen LogP contribution in [0.1, 0.15) is 18.9 Å². The van der Waals surface area contributed by atoms with Crippen molar-refractivity contribution in [3.05, 3.63) is 53.1 Å². The Bertz CT molecular complexity index is 760. The fourth-order valence-corrected chi connectivity index (χ4v) is 2.86. The second-order valence-electron chi connectivity index (χ2n) is 5.05. The fourth-order valence-electron chi connectivity index (χ4n) is 2.52. The molecule has 0 bridgehead atoms. The van der Waals surface area contributed by atoms with Gasteiger partial charge in [-0.05, 0) is 30.2 Å². The van der Waals surface area contributed by atoms with Crippen LogP contribution < -0.4 is 0 Å². The van der Waals surface area contributed by atoms with E-state index in [9.17, 15) is 0 Å². The average Bonchev–Trinajstić information content (AvgIpc) is 2.85. The number of aryl methyl sites for hydroxylation is 1. The molecule has 108 valence electrons. The number of hydrogen-bond donors (Lipinski definition) is 0. The first-order chi connectivity index (χ1) is 10.2. The lowest BCUT2D eigenvalue weighted by molar-refractivity contribution is 0.704. The van der Waals surface area contributed by atoms with Crippen molar-refractivity contribution < 1.29 is 0 Å². The highest BCUT2D eigenvalue weighted by Crippen LogP contribution is 2.27. The minimum atomic E-state index is 0.529. The number of aromatic nitrogens is 2. The lowest BCUT2D eigenvalue weighted by Gasteiger charge is -2.08. The van der Waals surface area contributed by atoms with Gasteiger partial charge in [0.2, 0.25) is 0 Å². The van der Waals surface area contributed by atoms with E-state index in [0.717, 1.165) is 41.0 Å². The third kappa shape index (κ3) is 2.78. The molecule has 0 unspecified atom stereocenters. The van der Waals surface area contributed by atoms with Crippen molar-refractivity contribution in [1.29, 1.82) is 0 Å². The molecule has 2 nitrogen and oxygen atoms in total. The summed E-state index contributed by atoms with van der Waals surface area (Å²) < 4.78 is 2.25. The Morgan fingerprint density at radius 2 is 1.86 bits per heavy atom. The van der Waals surface area contributed by atoms with E-state index in [1.807, 2.05) is 30.3 Å². The third-order valence-electron chi connectivity index (χ3n) is 3.52. The van der Waals surface area contributed by atoms with Gasteiger partial charge >= 0.3 is 0 Å². The maximum absolute atomic E-state index is 6.08. The van der Waals surface area contributed by atoms with Crippen LogP contribution in [0.25, 0.3) is 22.4 Å². The fraction of sp³-hybridized carbons (Fsp3) is 0.235. The first-order valence-corrected chi connectivity index (χ1v) is 7.95. The molecule has 0 radical (unpaired) electrons. The van der Waals surface area contributed by atoms with Gasteiger partial charge in [0.05, 0.1) is 11.0 Å². The Morgan fingerprint density at radius 1 is 1.10 bits per heavy atom. The van der Waals surface area contributed by atoms with Crippen LogP contribution in [0.2, 0.25) is 5.02 Å². The smallest absolute Gasteiger partial charge is 0.141 e. The van der Waals surface area contributed by atoms with Crippen LogP contribution in [0.15, 0.2) is 42.5 Å². The second-order valence-corrected chi connectivity index (χ2v) is 5.75. The normalized spacial score (nSPS) is 11.2. The molecule has 1 heterocycles. The van der Waals surface area contributed by atoms with E-state index in [1.165, 1.54) is 0 Å². The lowest BCUT2D eigenvalue weighted by Crippen LogP contribution is -1.99. The molecule has 0 aliphatic heterocycles. The Kier molecular flexibility index (Phi) is 4.18. The van der Waals surface area contributed by atoms with Crippen molar-refractivity contribution in [2.24, 2.45) is 0 Å². The van der Waals surface area contributed by atoms with Crippen molar-refractivity contribution in [2.45, 2.75) is 25.8 Å². The summed E-state index contributed by atoms with van der Waals surface area (Å²) in [7, 11) is 0. The standard InChI is InChI=1S/C17H16Cl2N2/c1-2-9-21-16-8-7-14(19)10-15(16)20-17(21)13-5-3-12(11-18)4-6-13/h3-8,10H,2,9,11H2,1H3. The zero-order valence-corrected chi connectivity index (χ0v) is 13.3. The largest absolute Gasteiger partial charge is 0.324 e. The van der Waals surface area contributed by atoms with Crippen LogP contribution in [0.5, 0.6) is 0 Å². The number of halogens is 2. The molecule has 0 spiro atoms. The molecule has 3 aromatic rings. The second kappa shape index (κ2) is 6.08. The molecule has 21 heavy (non-hydrogen) atoms. The summed E-state index contributed by atoms with van der Waals surface area (Å²) in [4.78, 5) is 4.76. The van der Waals surface area contributed by atoms with Gasteiger partial charge in [-0.3, -0.25) is 0 Å². The molecule has 0 aliphatic rings. The predicted molar refractivity (Wildman–Crippen MR) is 90.0 cm³/mol. The first kappa shape index (κ1) is 14.4. The number of fused-ring (bicyclic) bond motifs is 1. The van der Waals surface area contributed by atoms with Crippen LogP contribution in [-0.2, 0) is 12.4 Å². The van der Waals surface area contributed by atoms with Crippen molar-refractivity contribution in [3.8, 4) is 11.4 Å². The van der Waals surface area contributed by atoms with Gasteiger partial charge in [-0.15, -0.1) is 11.6 Å². The average molecular weight is 319 g/mol. The summed E-state index contributed by atoms with van der Waals surface area (Å²) in [5.41, 5.74) is 4.27. The molecule has 3 rings (SSSR count). The van der Waals surface area contributed by atoms with Crippen LogP contribution in [0, 0.1) is 0 Å². The van der Waals surface area contributed by atoms with Gasteiger partial charge < -0.3 is 4.57 Å². The monoisotopic (exact) mass is 318 g/mol. The van der Waals surface area contributed by atoms with Gasteiger partial charge in [0.25, 0.3) is 0 Å². The predicted octanol–water partition coefficient (Wildman–Crippen LogP) is 5.51. The number of rotatable bonds is 4. The van der Waals surface area contributed by atoms with E-state index in [4.69, 9.17) is 28.2 Å². The highest BCUT2D eigenvalue weighted by atomic mass is 35.5.